The second-order valence-electron chi connectivity index (χ2n) is 3.71. The van der Waals surface area contributed by atoms with Crippen LogP contribution in [0.25, 0.3) is 0 Å². The van der Waals surface area contributed by atoms with E-state index >= 15 is 0 Å². The van der Waals surface area contributed by atoms with Crippen LogP contribution in [0, 0.1) is 5.92 Å². The Labute approximate surface area is 132 Å². The zero-order valence-corrected chi connectivity index (χ0v) is 15.2. The molecule has 0 spiro atoms. The van der Waals surface area contributed by atoms with Gasteiger partial charge in [0.05, 0.1) is 0 Å². The van der Waals surface area contributed by atoms with Crippen LogP contribution in [0.15, 0.2) is 0 Å². The molecule has 0 aromatic heterocycles. The van der Waals surface area contributed by atoms with Gasteiger partial charge in [0.2, 0.25) is 0 Å². The molecule has 0 aromatic carbocycles. The van der Waals surface area contributed by atoms with Crippen molar-refractivity contribution in [2.45, 2.75) is 27.4 Å². The zero-order chi connectivity index (χ0) is 11.0. The molecule has 1 aliphatic heterocycles. The fraction of sp³-hybridized carbons (Fsp3) is 1.00. The first kappa shape index (κ1) is 17.0. The molecular weight excluding hydrogens is 605 g/mol. The average Bonchev–Trinajstić information content (AvgIpc) is 2.41. The summed E-state index contributed by atoms with van der Waals surface area (Å²) in [6, 6.07) is 0. The Morgan fingerprint density at radius 2 is 1.47 bits per heavy atom. The minimum Gasteiger partial charge on any atom is -0.330 e. The van der Waals surface area contributed by atoms with Gasteiger partial charge in [-0.25, -0.2) is 0 Å². The molecule has 1 saturated heterocycles. The van der Waals surface area contributed by atoms with Gasteiger partial charge in [0.25, 0.3) is 0 Å². The zero-order valence-electron chi connectivity index (χ0n) is 8.61. The van der Waals surface area contributed by atoms with Gasteiger partial charge in [0, 0.05) is 19.0 Å². The normalized spacial score (nSPS) is 37.0. The van der Waals surface area contributed by atoms with Crippen molar-refractivity contribution in [2.75, 3.05) is 13.1 Å². The number of ether oxygens (including phenoxy) is 2. The number of alkyl halides is 2. The molecule has 0 saturated carbocycles. The van der Waals surface area contributed by atoms with Crippen LogP contribution in [0.2, 0.25) is 0 Å². The summed E-state index contributed by atoms with van der Waals surface area (Å²) in [5.41, 5.74) is 11.4. The first-order valence-electron chi connectivity index (χ1n) is 4.52. The number of halogens is 2. The van der Waals surface area contributed by atoms with Crippen LogP contribution in [0.1, 0.15) is 13.8 Å². The predicted molar refractivity (Wildman–Crippen MR) is 72.4 cm³/mol. The molecule has 1 heterocycles. The third kappa shape index (κ3) is 3.26. The minimum atomic E-state index is -0.519. The molecule has 0 amide bonds. The van der Waals surface area contributed by atoms with Crippen LogP contribution in [-0.2, 0) is 30.5 Å². The largest absolute Gasteiger partial charge is 2.00 e. The second kappa shape index (κ2) is 6.24. The van der Waals surface area contributed by atoms with E-state index in [9.17, 15) is 0 Å². The van der Waals surface area contributed by atoms with Gasteiger partial charge in [-0.15, -0.1) is 0 Å². The molecule has 2 atom stereocenters. The van der Waals surface area contributed by atoms with Crippen molar-refractivity contribution in [2.24, 2.45) is 17.4 Å². The molecule has 92 valence electrons. The third-order valence-electron chi connectivity index (χ3n) is 2.23. The molecule has 1 aliphatic rings. The summed E-state index contributed by atoms with van der Waals surface area (Å²) in [6.45, 7) is 4.90. The van der Waals surface area contributed by atoms with E-state index in [-0.39, 0.29) is 27.4 Å². The fourth-order valence-corrected chi connectivity index (χ4v) is 2.44. The van der Waals surface area contributed by atoms with Crippen molar-refractivity contribution in [1.82, 2.24) is 0 Å². The first-order valence-corrected chi connectivity index (χ1v) is 6.68. The summed E-state index contributed by atoms with van der Waals surface area (Å²) >= 11 is 4.39. The molecule has 0 bridgehead atoms. The van der Waals surface area contributed by atoms with E-state index in [1.165, 1.54) is 0 Å². The number of hydrogen-bond acceptors (Lipinski definition) is 4. The van der Waals surface area contributed by atoms with Gasteiger partial charge in [-0.1, -0.05) is 13.8 Å². The summed E-state index contributed by atoms with van der Waals surface area (Å²) in [6.07, 6.45) is -0.212. The number of hydrogen-bond donors (Lipinski definition) is 2. The van der Waals surface area contributed by atoms with Crippen molar-refractivity contribution >= 4 is 45.2 Å². The van der Waals surface area contributed by atoms with E-state index < -0.39 is 7.22 Å². The average molecular weight is 621 g/mol. The monoisotopic (exact) mass is 621 g/mol. The molecule has 1 fully saturated rings. The Bertz CT molecular complexity index is 205. The summed E-state index contributed by atoms with van der Waals surface area (Å²) in [5.74, 6) is 0.305. The molecule has 0 aromatic rings. The maximum Gasteiger partial charge on any atom is 2.00 e. The van der Waals surface area contributed by atoms with E-state index in [1.807, 2.05) is 0 Å². The Morgan fingerprint density at radius 1 is 1.13 bits per heavy atom. The predicted octanol–water partition coefficient (Wildman–Crippen LogP) is 1.19. The topological polar surface area (TPSA) is 70.5 Å². The SMILES string of the molecule is CC(C)C1O[C@@](I)(CN)[C@](I)(CN)O1.[Pt+2]. The molecule has 7 heteroatoms. The Morgan fingerprint density at radius 3 is 1.67 bits per heavy atom. The van der Waals surface area contributed by atoms with Gasteiger partial charge in [-0.2, -0.15) is 0 Å². The molecular formula is C8H16I2N2O2Pt+2. The molecule has 0 unspecified atom stereocenters. The Balaban J connectivity index is 0.00000196. The van der Waals surface area contributed by atoms with Gasteiger partial charge in [-0.05, 0) is 45.2 Å². The quantitative estimate of drug-likeness (QED) is 0.368. The van der Waals surface area contributed by atoms with E-state index in [4.69, 9.17) is 20.9 Å². The van der Waals surface area contributed by atoms with Crippen molar-refractivity contribution < 1.29 is 30.5 Å². The van der Waals surface area contributed by atoms with E-state index in [2.05, 4.69) is 59.0 Å². The van der Waals surface area contributed by atoms with Crippen molar-refractivity contribution in [3.05, 3.63) is 0 Å². The van der Waals surface area contributed by atoms with Crippen molar-refractivity contribution in [3.63, 3.8) is 0 Å². The van der Waals surface area contributed by atoms with Crippen LogP contribution in [0.5, 0.6) is 0 Å². The fourth-order valence-electron chi connectivity index (χ4n) is 1.24. The van der Waals surface area contributed by atoms with Gasteiger partial charge < -0.3 is 20.9 Å². The smallest absolute Gasteiger partial charge is 0.330 e. The maximum absolute atomic E-state index is 5.82. The van der Waals surface area contributed by atoms with Crippen LogP contribution >= 0.6 is 45.2 Å². The maximum atomic E-state index is 5.82. The Hall–Kier alpha value is 1.99. The molecule has 0 radical (unpaired) electrons. The molecule has 0 aliphatic carbocycles. The van der Waals surface area contributed by atoms with Crippen molar-refractivity contribution in [1.29, 1.82) is 0 Å². The van der Waals surface area contributed by atoms with Crippen LogP contribution in [-0.4, -0.2) is 26.6 Å². The van der Waals surface area contributed by atoms with Gasteiger partial charge in [-0.3, -0.25) is 0 Å². The third-order valence-corrected chi connectivity index (χ3v) is 6.40. The number of rotatable bonds is 3. The number of nitrogens with two attached hydrogens (primary N) is 2. The van der Waals surface area contributed by atoms with Crippen LogP contribution < -0.4 is 11.5 Å². The molecule has 4 N–H and O–H groups in total. The van der Waals surface area contributed by atoms with Gasteiger partial charge in [0.1, 0.15) is 0 Å². The summed E-state index contributed by atoms with van der Waals surface area (Å²) in [7, 11) is 0. The second-order valence-corrected chi connectivity index (χ2v) is 7.20. The minimum absolute atomic E-state index is 0. The molecule has 4 nitrogen and oxygen atoms in total. The first-order chi connectivity index (χ1) is 6.38. The Kier molecular flexibility index (Phi) is 7.07. The molecule has 1 rings (SSSR count). The van der Waals surface area contributed by atoms with Gasteiger partial charge >= 0.3 is 21.1 Å². The molecule has 15 heavy (non-hydrogen) atoms. The summed E-state index contributed by atoms with van der Waals surface area (Å²) in [4.78, 5) is 0. The van der Waals surface area contributed by atoms with Crippen molar-refractivity contribution in [3.8, 4) is 0 Å². The van der Waals surface area contributed by atoms with Crippen LogP contribution in [0.4, 0.5) is 0 Å². The summed E-state index contributed by atoms with van der Waals surface area (Å²) in [5, 5.41) is 0. The van der Waals surface area contributed by atoms with E-state index in [1.54, 1.807) is 0 Å². The van der Waals surface area contributed by atoms with Crippen LogP contribution in [0.3, 0.4) is 0 Å². The van der Waals surface area contributed by atoms with Gasteiger partial charge in [0.15, 0.2) is 13.5 Å². The van der Waals surface area contributed by atoms with E-state index in [0.29, 0.717) is 19.0 Å². The summed E-state index contributed by atoms with van der Waals surface area (Å²) < 4.78 is 10.6. The standard InChI is InChI=1S/C8H16I2N2O2.Pt/c1-5(2)6-13-7(9,3-11)8(10,4-12)14-6;/h5-6H,3-4,11-12H2,1-2H3;/q;+2/t7-,8-;/m0./s1. The van der Waals surface area contributed by atoms with E-state index in [0.717, 1.165) is 0 Å².